The van der Waals surface area contributed by atoms with Gasteiger partial charge in [0.2, 0.25) is 5.91 Å². The molecule has 0 fully saturated rings. The van der Waals surface area contributed by atoms with E-state index in [-0.39, 0.29) is 5.91 Å². The molecular formula is C14H20N2O2. The molecular weight excluding hydrogens is 228 g/mol. The van der Waals surface area contributed by atoms with Crippen LogP contribution in [0.3, 0.4) is 0 Å². The lowest BCUT2D eigenvalue weighted by Crippen LogP contribution is -2.35. The third kappa shape index (κ3) is 2.82. The van der Waals surface area contributed by atoms with E-state index in [0.717, 1.165) is 24.4 Å². The molecule has 18 heavy (non-hydrogen) atoms. The Labute approximate surface area is 108 Å². The first kappa shape index (κ1) is 12.9. The van der Waals surface area contributed by atoms with Crippen LogP contribution in [0.4, 0.5) is 5.69 Å². The van der Waals surface area contributed by atoms with Crippen molar-refractivity contribution in [3.05, 3.63) is 24.3 Å². The SMILES string of the molecule is CNC(C)CCN1C(=O)CCOc2ccccc21. The summed E-state index contributed by atoms with van der Waals surface area (Å²) in [4.78, 5) is 13.9. The summed E-state index contributed by atoms with van der Waals surface area (Å²) in [6.07, 6.45) is 1.37. The van der Waals surface area contributed by atoms with E-state index < -0.39 is 0 Å². The first-order valence-corrected chi connectivity index (χ1v) is 6.42. The van der Waals surface area contributed by atoms with Crippen molar-refractivity contribution >= 4 is 11.6 Å². The number of para-hydroxylation sites is 2. The normalized spacial score (nSPS) is 16.8. The Morgan fingerprint density at radius 2 is 2.22 bits per heavy atom. The number of carbonyl (C=O) groups is 1. The smallest absolute Gasteiger partial charge is 0.230 e. The zero-order valence-electron chi connectivity index (χ0n) is 11.0. The first-order valence-electron chi connectivity index (χ1n) is 6.42. The van der Waals surface area contributed by atoms with E-state index in [2.05, 4.69) is 12.2 Å². The molecule has 1 N–H and O–H groups in total. The lowest BCUT2D eigenvalue weighted by molar-refractivity contribution is -0.118. The van der Waals surface area contributed by atoms with Crippen LogP contribution in [0.2, 0.25) is 0 Å². The predicted molar refractivity (Wildman–Crippen MR) is 72.0 cm³/mol. The topological polar surface area (TPSA) is 41.6 Å². The van der Waals surface area contributed by atoms with Crippen LogP contribution in [0.25, 0.3) is 0 Å². The summed E-state index contributed by atoms with van der Waals surface area (Å²) >= 11 is 0. The number of amides is 1. The molecule has 0 bridgehead atoms. The molecule has 0 saturated heterocycles. The molecule has 0 saturated carbocycles. The highest BCUT2D eigenvalue weighted by molar-refractivity contribution is 5.95. The molecule has 0 radical (unpaired) electrons. The van der Waals surface area contributed by atoms with Crippen molar-refractivity contribution in [2.45, 2.75) is 25.8 Å². The van der Waals surface area contributed by atoms with Crippen LogP contribution >= 0.6 is 0 Å². The minimum atomic E-state index is 0.142. The van der Waals surface area contributed by atoms with Gasteiger partial charge in [0.25, 0.3) is 0 Å². The molecule has 4 nitrogen and oxygen atoms in total. The molecule has 0 spiro atoms. The standard InChI is InChI=1S/C14H20N2O2/c1-11(15-2)7-9-16-12-5-3-4-6-13(12)18-10-8-14(16)17/h3-6,11,15H,7-10H2,1-2H3. The summed E-state index contributed by atoms with van der Waals surface area (Å²) in [5.74, 6) is 0.948. The summed E-state index contributed by atoms with van der Waals surface area (Å²) < 4.78 is 5.60. The Bertz CT molecular complexity index is 420. The van der Waals surface area contributed by atoms with Gasteiger partial charge in [-0.05, 0) is 32.5 Å². The number of hydrogen-bond acceptors (Lipinski definition) is 3. The molecule has 1 aromatic carbocycles. The monoisotopic (exact) mass is 248 g/mol. The average Bonchev–Trinajstić information content (AvgIpc) is 2.55. The lowest BCUT2D eigenvalue weighted by atomic mass is 10.2. The summed E-state index contributed by atoms with van der Waals surface area (Å²) in [7, 11) is 1.94. The molecule has 1 unspecified atom stereocenters. The molecule has 2 rings (SSSR count). The number of nitrogens with one attached hydrogen (secondary N) is 1. The van der Waals surface area contributed by atoms with E-state index in [4.69, 9.17) is 4.74 Å². The fourth-order valence-corrected chi connectivity index (χ4v) is 2.03. The molecule has 1 amide bonds. The van der Waals surface area contributed by atoms with Crippen molar-refractivity contribution < 1.29 is 9.53 Å². The van der Waals surface area contributed by atoms with Gasteiger partial charge in [-0.15, -0.1) is 0 Å². The second-order valence-electron chi connectivity index (χ2n) is 4.59. The maximum absolute atomic E-state index is 12.1. The third-order valence-electron chi connectivity index (χ3n) is 3.31. The van der Waals surface area contributed by atoms with E-state index in [9.17, 15) is 4.79 Å². The van der Waals surface area contributed by atoms with Crippen molar-refractivity contribution in [3.63, 3.8) is 0 Å². The van der Waals surface area contributed by atoms with Gasteiger partial charge in [-0.1, -0.05) is 12.1 Å². The average molecular weight is 248 g/mol. The van der Waals surface area contributed by atoms with E-state index in [1.807, 2.05) is 36.2 Å². The van der Waals surface area contributed by atoms with Gasteiger partial charge in [-0.25, -0.2) is 0 Å². The number of anilines is 1. The Balaban J connectivity index is 2.17. The third-order valence-corrected chi connectivity index (χ3v) is 3.31. The van der Waals surface area contributed by atoms with Crippen LogP contribution in [-0.2, 0) is 4.79 Å². The highest BCUT2D eigenvalue weighted by atomic mass is 16.5. The molecule has 4 heteroatoms. The van der Waals surface area contributed by atoms with E-state index >= 15 is 0 Å². The largest absolute Gasteiger partial charge is 0.491 e. The zero-order chi connectivity index (χ0) is 13.0. The number of nitrogens with zero attached hydrogens (tertiary/aromatic N) is 1. The Morgan fingerprint density at radius 1 is 1.44 bits per heavy atom. The van der Waals surface area contributed by atoms with Gasteiger partial charge >= 0.3 is 0 Å². The van der Waals surface area contributed by atoms with Crippen LogP contribution in [-0.4, -0.2) is 32.1 Å². The van der Waals surface area contributed by atoms with E-state index in [0.29, 0.717) is 19.1 Å². The number of ether oxygens (including phenoxy) is 1. The molecule has 1 aliphatic heterocycles. The summed E-state index contributed by atoms with van der Waals surface area (Å²) in [6, 6.07) is 8.14. The molecule has 1 aromatic rings. The van der Waals surface area contributed by atoms with Crippen molar-refractivity contribution in [1.29, 1.82) is 0 Å². The fraction of sp³-hybridized carbons (Fsp3) is 0.500. The fourth-order valence-electron chi connectivity index (χ4n) is 2.03. The van der Waals surface area contributed by atoms with Crippen LogP contribution in [0.1, 0.15) is 19.8 Å². The zero-order valence-corrected chi connectivity index (χ0v) is 11.0. The highest BCUT2D eigenvalue weighted by Gasteiger charge is 2.22. The van der Waals surface area contributed by atoms with Crippen molar-refractivity contribution in [2.75, 3.05) is 25.1 Å². The first-order chi connectivity index (χ1) is 8.72. The van der Waals surface area contributed by atoms with Crippen LogP contribution in [0, 0.1) is 0 Å². The summed E-state index contributed by atoms with van der Waals surface area (Å²) in [5, 5.41) is 3.19. The van der Waals surface area contributed by atoms with Gasteiger partial charge < -0.3 is 15.0 Å². The van der Waals surface area contributed by atoms with Gasteiger partial charge in [0.1, 0.15) is 5.75 Å². The predicted octanol–water partition coefficient (Wildman–Crippen LogP) is 1.80. The van der Waals surface area contributed by atoms with Crippen LogP contribution in [0.15, 0.2) is 24.3 Å². The molecule has 0 aromatic heterocycles. The quantitative estimate of drug-likeness (QED) is 0.883. The van der Waals surface area contributed by atoms with Gasteiger partial charge in [-0.2, -0.15) is 0 Å². The van der Waals surface area contributed by atoms with Crippen LogP contribution in [0.5, 0.6) is 5.75 Å². The van der Waals surface area contributed by atoms with E-state index in [1.54, 1.807) is 0 Å². The number of carbonyl (C=O) groups excluding carboxylic acids is 1. The van der Waals surface area contributed by atoms with Crippen molar-refractivity contribution in [3.8, 4) is 5.75 Å². The highest BCUT2D eigenvalue weighted by Crippen LogP contribution is 2.31. The lowest BCUT2D eigenvalue weighted by Gasteiger charge is -2.23. The minimum absolute atomic E-state index is 0.142. The maximum atomic E-state index is 12.1. The Kier molecular flexibility index (Phi) is 4.20. The second kappa shape index (κ2) is 5.87. The van der Waals surface area contributed by atoms with Crippen LogP contribution < -0.4 is 15.0 Å². The van der Waals surface area contributed by atoms with E-state index in [1.165, 1.54) is 0 Å². The number of rotatable bonds is 4. The Hall–Kier alpha value is -1.55. The van der Waals surface area contributed by atoms with Gasteiger partial charge in [0, 0.05) is 12.6 Å². The second-order valence-corrected chi connectivity index (χ2v) is 4.59. The number of benzene rings is 1. The van der Waals surface area contributed by atoms with Gasteiger partial charge in [0.05, 0.1) is 18.7 Å². The number of hydrogen-bond donors (Lipinski definition) is 1. The molecule has 1 atom stereocenters. The van der Waals surface area contributed by atoms with Crippen molar-refractivity contribution in [2.24, 2.45) is 0 Å². The molecule has 1 aliphatic rings. The molecule has 0 aliphatic carbocycles. The minimum Gasteiger partial charge on any atom is -0.491 e. The molecule has 98 valence electrons. The van der Waals surface area contributed by atoms with Gasteiger partial charge in [0.15, 0.2) is 0 Å². The van der Waals surface area contributed by atoms with Crippen molar-refractivity contribution in [1.82, 2.24) is 5.32 Å². The molecule has 1 heterocycles. The maximum Gasteiger partial charge on any atom is 0.230 e. The summed E-state index contributed by atoms with van der Waals surface area (Å²) in [6.45, 7) is 3.31. The summed E-state index contributed by atoms with van der Waals surface area (Å²) in [5.41, 5.74) is 0.892. The van der Waals surface area contributed by atoms with Gasteiger partial charge in [-0.3, -0.25) is 4.79 Å². The number of fused-ring (bicyclic) bond motifs is 1. The Morgan fingerprint density at radius 3 is 3.00 bits per heavy atom.